The Bertz CT molecular complexity index is 1520. The number of phenolic OH excluding ortho intramolecular Hbond substituents is 1. The van der Waals surface area contributed by atoms with Gasteiger partial charge in [-0.05, 0) is 18.2 Å². The molecule has 3 saturated heterocycles. The van der Waals surface area contributed by atoms with E-state index in [1.54, 1.807) is 0 Å². The number of nitrogens with zero attached hydrogens (tertiary/aromatic N) is 3. The quantitative estimate of drug-likeness (QED) is 0.125. The Hall–Kier alpha value is -3.71. The number of aromatic hydroxyl groups is 1. The summed E-state index contributed by atoms with van der Waals surface area (Å²) in [7, 11) is 0. The number of nitrogens with one attached hydrogen (secondary N) is 4. The molecule has 46 heavy (non-hydrogen) atoms. The molecule has 0 saturated carbocycles. The summed E-state index contributed by atoms with van der Waals surface area (Å²) >= 11 is 16.9. The van der Waals surface area contributed by atoms with Crippen molar-refractivity contribution in [2.24, 2.45) is 4.99 Å². The van der Waals surface area contributed by atoms with Crippen LogP contribution in [0.2, 0.25) is 0 Å². The van der Waals surface area contributed by atoms with E-state index in [0.29, 0.717) is 12.1 Å². The number of hydrogen-bond acceptors (Lipinski definition) is 12. The normalized spacial score (nSPS) is 27.0. The van der Waals surface area contributed by atoms with Crippen LogP contribution in [0.25, 0.3) is 0 Å². The van der Waals surface area contributed by atoms with Crippen LogP contribution >= 0.6 is 34.8 Å². The minimum Gasteiger partial charge on any atom is -0.507 e. The van der Waals surface area contributed by atoms with Gasteiger partial charge in [-0.15, -0.1) is 0 Å². The van der Waals surface area contributed by atoms with E-state index in [2.05, 4.69) is 32.8 Å². The smallest absolute Gasteiger partial charge is 0.419 e. The van der Waals surface area contributed by atoms with Gasteiger partial charge in [0.2, 0.25) is 27.4 Å². The fourth-order valence-corrected chi connectivity index (χ4v) is 6.03. The van der Waals surface area contributed by atoms with Gasteiger partial charge in [0, 0.05) is 24.9 Å². The molecule has 250 valence electrons. The van der Waals surface area contributed by atoms with Crippen LogP contribution in [-0.4, -0.2) is 108 Å². The largest absolute Gasteiger partial charge is 0.507 e. The van der Waals surface area contributed by atoms with Gasteiger partial charge in [-0.25, -0.2) is 9.79 Å². The fourth-order valence-electron chi connectivity index (χ4n) is 5.87. The Morgan fingerprint density at radius 3 is 2.43 bits per heavy atom. The first-order valence-electron chi connectivity index (χ1n) is 13.3. The molecule has 4 aliphatic heterocycles. The predicted octanol–water partition coefficient (Wildman–Crippen LogP) is 0.218. The van der Waals surface area contributed by atoms with Gasteiger partial charge in [-0.1, -0.05) is 41.4 Å². The van der Waals surface area contributed by atoms with Crippen LogP contribution in [-0.2, 0) is 20.5 Å². The van der Waals surface area contributed by atoms with Crippen molar-refractivity contribution >= 4 is 64.6 Å². The molecule has 4 heterocycles. The fraction of sp³-hybridized carbons (Fsp3) is 0.480. The zero-order valence-corrected chi connectivity index (χ0v) is 25.5. The number of carbonyl (C=O) groups is 4. The molecule has 1 spiro atoms. The van der Waals surface area contributed by atoms with Gasteiger partial charge in [0.1, 0.15) is 18.4 Å². The van der Waals surface area contributed by atoms with E-state index >= 15 is 0 Å². The molecule has 0 radical (unpaired) electrons. The molecule has 5 rings (SSSR count). The highest BCUT2D eigenvalue weighted by Gasteiger charge is 2.74. The van der Waals surface area contributed by atoms with Crippen molar-refractivity contribution in [3.63, 3.8) is 0 Å². The van der Waals surface area contributed by atoms with E-state index in [4.69, 9.17) is 39.5 Å². The number of halogens is 6. The van der Waals surface area contributed by atoms with Gasteiger partial charge < -0.3 is 40.9 Å². The molecule has 0 aromatic heterocycles. The number of ether oxygens (including phenoxy) is 1. The molecule has 3 fully saturated rings. The number of amides is 4. The third-order valence-electron chi connectivity index (χ3n) is 7.86. The topological polar surface area (TPSA) is 205 Å². The maximum Gasteiger partial charge on any atom is 0.419 e. The van der Waals surface area contributed by atoms with Gasteiger partial charge >= 0.3 is 12.3 Å². The second kappa shape index (κ2) is 11.5. The second-order valence-electron chi connectivity index (χ2n) is 10.8. The maximum absolute atomic E-state index is 13.4. The minimum atomic E-state index is -5.01. The lowest BCUT2D eigenvalue weighted by Gasteiger charge is -2.49. The summed E-state index contributed by atoms with van der Waals surface area (Å²) in [5.41, 5.74) is -4.21. The SMILES string of the molecule is C=C1NC2[C@H](CN3C(=O)CCC3=O)N=C(NC(=O)OCC(Cl)(Cl)Cl)N3CC(NC(=O)c4ccc(O)c(C(F)(F)F)c4)C(O)(O)C23N1. The first-order chi connectivity index (χ1) is 21.2. The second-order valence-corrected chi connectivity index (χ2v) is 13.3. The molecule has 4 atom stereocenters. The Labute approximate surface area is 272 Å². The van der Waals surface area contributed by atoms with E-state index in [-0.39, 0.29) is 25.2 Å². The average Bonchev–Trinajstić information content (AvgIpc) is 3.53. The number of guanidine groups is 1. The molecule has 15 nitrogen and oxygen atoms in total. The third-order valence-corrected chi connectivity index (χ3v) is 8.19. The van der Waals surface area contributed by atoms with Crippen molar-refractivity contribution in [3.05, 3.63) is 41.7 Å². The first kappa shape index (κ1) is 33.6. The number of benzene rings is 1. The highest BCUT2D eigenvalue weighted by atomic mass is 35.6. The van der Waals surface area contributed by atoms with Crippen molar-refractivity contribution in [2.75, 3.05) is 19.7 Å². The Kier molecular flexibility index (Phi) is 8.42. The van der Waals surface area contributed by atoms with E-state index in [1.165, 1.54) is 0 Å². The molecule has 1 aromatic rings. The molecule has 4 aliphatic rings. The summed E-state index contributed by atoms with van der Waals surface area (Å²) < 4.78 is 43.0. The minimum absolute atomic E-state index is 0.0158. The lowest BCUT2D eigenvalue weighted by atomic mass is 9.85. The summed E-state index contributed by atoms with van der Waals surface area (Å²) in [6.45, 7) is 2.14. The Morgan fingerprint density at radius 1 is 1.17 bits per heavy atom. The standard InChI is InChI=1S/C25H25Cl3F3N7O8/c1-10-32-18-13(7-37-16(40)4-5-17(37)41)33-20(35-21(43)46-9-22(26,27)28)38-8-15(24(44,45)23(18,38)36-10)34-19(42)11-2-3-14(39)12(6-11)25(29,30)31/h2-3,6,13,15,18,32,36,39,44-45H,1,4-5,7-9H2,(H,34,42)(H,33,35,43)/t13-,15?,18?,23?/m0/s1. The number of alkyl carbamates (subject to hydrolysis) is 1. The number of phenols is 1. The highest BCUT2D eigenvalue weighted by molar-refractivity contribution is 6.67. The Balaban J connectivity index is 1.51. The average molecular weight is 715 g/mol. The van der Waals surface area contributed by atoms with Crippen molar-refractivity contribution in [1.29, 1.82) is 0 Å². The molecule has 7 N–H and O–H groups in total. The van der Waals surface area contributed by atoms with Crippen LogP contribution in [0, 0.1) is 0 Å². The van der Waals surface area contributed by atoms with Gasteiger partial charge in [0.05, 0.1) is 30.0 Å². The summed E-state index contributed by atoms with van der Waals surface area (Å²) in [5, 5.41) is 43.4. The van der Waals surface area contributed by atoms with Crippen LogP contribution in [0.1, 0.15) is 28.8 Å². The number of imide groups is 1. The summed E-state index contributed by atoms with van der Waals surface area (Å²) in [6.07, 6.45) is -6.34. The van der Waals surface area contributed by atoms with Crippen LogP contribution in [0.3, 0.4) is 0 Å². The van der Waals surface area contributed by atoms with E-state index in [0.717, 1.165) is 15.9 Å². The molecule has 1 aromatic carbocycles. The highest BCUT2D eigenvalue weighted by Crippen LogP contribution is 2.45. The zero-order valence-electron chi connectivity index (χ0n) is 23.2. The van der Waals surface area contributed by atoms with Crippen LogP contribution in [0.4, 0.5) is 18.0 Å². The number of likely N-dealkylation sites (tertiary alicyclic amines) is 1. The number of hydrogen-bond donors (Lipinski definition) is 7. The molecular formula is C25H25Cl3F3N7O8. The van der Waals surface area contributed by atoms with Crippen LogP contribution in [0.5, 0.6) is 5.75 Å². The first-order valence-corrected chi connectivity index (χ1v) is 14.5. The van der Waals surface area contributed by atoms with Gasteiger partial charge in [-0.3, -0.25) is 24.6 Å². The lowest BCUT2D eigenvalue weighted by Crippen LogP contribution is -2.78. The summed E-state index contributed by atoms with van der Waals surface area (Å²) in [4.78, 5) is 57.3. The molecule has 4 amide bonds. The zero-order chi connectivity index (χ0) is 34.0. The molecule has 0 bridgehead atoms. The number of aliphatic imine (C=N–C) groups is 1. The monoisotopic (exact) mass is 713 g/mol. The number of rotatable bonds is 5. The van der Waals surface area contributed by atoms with Gasteiger partial charge in [0.15, 0.2) is 5.66 Å². The molecular weight excluding hydrogens is 690 g/mol. The van der Waals surface area contributed by atoms with Crippen LogP contribution < -0.4 is 21.3 Å². The van der Waals surface area contributed by atoms with E-state index in [1.807, 2.05) is 0 Å². The molecule has 0 aliphatic carbocycles. The number of carbonyl (C=O) groups excluding carboxylic acids is 4. The molecule has 3 unspecified atom stereocenters. The van der Waals surface area contributed by atoms with E-state index < -0.39 is 99.3 Å². The third kappa shape index (κ3) is 5.94. The van der Waals surface area contributed by atoms with Gasteiger partial charge in [-0.2, -0.15) is 13.2 Å². The van der Waals surface area contributed by atoms with Crippen molar-refractivity contribution < 1.29 is 52.4 Å². The predicted molar refractivity (Wildman–Crippen MR) is 152 cm³/mol. The van der Waals surface area contributed by atoms with Crippen molar-refractivity contribution in [1.82, 2.24) is 31.1 Å². The van der Waals surface area contributed by atoms with E-state index in [9.17, 15) is 47.7 Å². The summed E-state index contributed by atoms with van der Waals surface area (Å²) in [6, 6.07) is -2.15. The van der Waals surface area contributed by atoms with Gasteiger partial charge in [0.25, 0.3) is 5.91 Å². The lowest BCUT2D eigenvalue weighted by molar-refractivity contribution is -0.231. The molecule has 21 heteroatoms. The number of aliphatic hydroxyl groups is 2. The number of alkyl halides is 6. The van der Waals surface area contributed by atoms with Crippen molar-refractivity contribution in [2.45, 2.75) is 52.4 Å². The maximum atomic E-state index is 13.4. The Morgan fingerprint density at radius 2 is 1.83 bits per heavy atom. The van der Waals surface area contributed by atoms with Crippen molar-refractivity contribution in [3.8, 4) is 5.75 Å². The van der Waals surface area contributed by atoms with Crippen LogP contribution in [0.15, 0.2) is 35.6 Å². The summed E-state index contributed by atoms with van der Waals surface area (Å²) in [5.74, 6) is -6.74.